The zero-order chi connectivity index (χ0) is 19.3. The number of hydrogen-bond acceptors (Lipinski definition) is 3. The molecule has 4 nitrogen and oxygen atoms in total. The van der Waals surface area contributed by atoms with Gasteiger partial charge in [0.1, 0.15) is 6.17 Å². The summed E-state index contributed by atoms with van der Waals surface area (Å²) in [6, 6.07) is 14.6. The molecule has 2 N–H and O–H groups in total. The highest BCUT2D eigenvalue weighted by Gasteiger charge is 2.43. The largest absolute Gasteiger partial charge is 0.367 e. The molecule has 1 amide bonds. The highest BCUT2D eigenvalue weighted by molar-refractivity contribution is 7.22. The molecule has 28 heavy (non-hydrogen) atoms. The minimum absolute atomic E-state index is 0.276. The van der Waals surface area contributed by atoms with Crippen molar-refractivity contribution >= 4 is 32.6 Å². The van der Waals surface area contributed by atoms with Crippen molar-refractivity contribution in [3.05, 3.63) is 60.4 Å². The lowest BCUT2D eigenvalue weighted by atomic mass is 9.96. The van der Waals surface area contributed by atoms with Crippen molar-refractivity contribution in [2.75, 3.05) is 5.32 Å². The molecule has 0 saturated heterocycles. The van der Waals surface area contributed by atoms with E-state index in [4.69, 9.17) is 0 Å². The second-order valence-corrected chi connectivity index (χ2v) is 8.21. The lowest BCUT2D eigenvalue weighted by Gasteiger charge is -2.09. The number of rotatable bonds is 4. The average molecular weight is 391 g/mol. The molecule has 4 aromatic rings. The van der Waals surface area contributed by atoms with Gasteiger partial charge in [0.05, 0.1) is 16.1 Å². The second-order valence-electron chi connectivity index (χ2n) is 7.18. The topological polar surface area (TPSA) is 57.8 Å². The summed E-state index contributed by atoms with van der Waals surface area (Å²) in [5.41, 5.74) is 6.60. The lowest BCUT2D eigenvalue weighted by Crippen LogP contribution is -2.14. The van der Waals surface area contributed by atoms with Gasteiger partial charge in [-0.2, -0.15) is 0 Å². The van der Waals surface area contributed by atoms with Crippen LogP contribution in [-0.2, 0) is 4.79 Å². The number of carbonyl (C=O) groups is 1. The van der Waals surface area contributed by atoms with Gasteiger partial charge in [-0.15, -0.1) is 0 Å². The minimum atomic E-state index is -1.00. The van der Waals surface area contributed by atoms with Gasteiger partial charge in [-0.25, -0.2) is 9.37 Å². The molecule has 0 bridgehead atoms. The van der Waals surface area contributed by atoms with E-state index < -0.39 is 12.1 Å². The molecule has 2 atom stereocenters. The first-order chi connectivity index (χ1) is 13.6. The number of hydrogen-bond donors (Lipinski definition) is 2. The van der Waals surface area contributed by atoms with Gasteiger partial charge in [0.25, 0.3) is 0 Å². The molecule has 0 radical (unpaired) electrons. The predicted octanol–water partition coefficient (Wildman–Crippen LogP) is 5.56. The molecule has 1 aliphatic carbocycles. The molecule has 1 saturated carbocycles. The van der Waals surface area contributed by atoms with Crippen LogP contribution in [0.4, 0.5) is 9.52 Å². The number of fused-ring (bicyclic) bond motifs is 1. The molecule has 140 valence electrons. The fourth-order valence-electron chi connectivity index (χ4n) is 3.40. The normalized spacial score (nSPS) is 18.4. The van der Waals surface area contributed by atoms with Crippen molar-refractivity contribution in [3.63, 3.8) is 0 Å². The number of alkyl halides is 1. The molecule has 5 rings (SSSR count). The SMILES string of the molecule is Cc1ccc(-c2cc[nH]c2)cc1-c1ccc2nc(NC(=O)[C@@H]3CC3F)sc2c1. The number of aromatic amines is 1. The van der Waals surface area contributed by atoms with Crippen molar-refractivity contribution in [2.24, 2.45) is 5.92 Å². The fraction of sp³-hybridized carbons (Fsp3) is 0.182. The molecule has 0 spiro atoms. The Balaban J connectivity index is 1.48. The van der Waals surface area contributed by atoms with Crippen molar-refractivity contribution < 1.29 is 9.18 Å². The third kappa shape index (κ3) is 3.10. The summed E-state index contributed by atoms with van der Waals surface area (Å²) in [7, 11) is 0. The van der Waals surface area contributed by atoms with E-state index in [9.17, 15) is 9.18 Å². The summed E-state index contributed by atoms with van der Waals surface area (Å²) >= 11 is 1.42. The van der Waals surface area contributed by atoms with Gasteiger partial charge in [-0.3, -0.25) is 4.79 Å². The van der Waals surface area contributed by atoms with Crippen LogP contribution in [0.25, 0.3) is 32.5 Å². The van der Waals surface area contributed by atoms with Crippen molar-refractivity contribution in [3.8, 4) is 22.3 Å². The molecule has 1 fully saturated rings. The van der Waals surface area contributed by atoms with Crippen LogP contribution in [0, 0.1) is 12.8 Å². The molecular weight excluding hydrogens is 373 g/mol. The average Bonchev–Trinajstić information content (AvgIpc) is 3.09. The van der Waals surface area contributed by atoms with E-state index in [1.54, 1.807) is 0 Å². The lowest BCUT2D eigenvalue weighted by molar-refractivity contribution is -0.117. The molecule has 2 heterocycles. The van der Waals surface area contributed by atoms with Crippen LogP contribution in [-0.4, -0.2) is 22.0 Å². The van der Waals surface area contributed by atoms with Gasteiger partial charge in [0.15, 0.2) is 5.13 Å². The first-order valence-electron chi connectivity index (χ1n) is 9.18. The maximum absolute atomic E-state index is 13.1. The smallest absolute Gasteiger partial charge is 0.232 e. The van der Waals surface area contributed by atoms with Crippen LogP contribution in [0.3, 0.4) is 0 Å². The number of H-pyrrole nitrogens is 1. The van der Waals surface area contributed by atoms with E-state index >= 15 is 0 Å². The maximum Gasteiger partial charge on any atom is 0.232 e. The van der Waals surface area contributed by atoms with Crippen molar-refractivity contribution in [2.45, 2.75) is 19.5 Å². The summed E-state index contributed by atoms with van der Waals surface area (Å²) in [4.78, 5) is 19.5. The monoisotopic (exact) mass is 391 g/mol. The number of carbonyl (C=O) groups excluding carboxylic acids is 1. The quantitative estimate of drug-likeness (QED) is 0.478. The zero-order valence-electron chi connectivity index (χ0n) is 15.2. The van der Waals surface area contributed by atoms with Crippen molar-refractivity contribution in [1.29, 1.82) is 0 Å². The molecule has 2 aromatic heterocycles. The fourth-order valence-corrected chi connectivity index (χ4v) is 4.30. The highest BCUT2D eigenvalue weighted by Crippen LogP contribution is 2.37. The Kier molecular flexibility index (Phi) is 4.02. The summed E-state index contributed by atoms with van der Waals surface area (Å²) in [6.07, 6.45) is 3.21. The molecule has 0 aliphatic heterocycles. The van der Waals surface area contributed by atoms with Crippen LogP contribution >= 0.6 is 11.3 Å². The summed E-state index contributed by atoms with van der Waals surface area (Å²) in [6.45, 7) is 2.10. The Hall–Kier alpha value is -2.99. The Morgan fingerprint density at radius 3 is 2.75 bits per heavy atom. The Bertz CT molecular complexity index is 1180. The minimum Gasteiger partial charge on any atom is -0.367 e. The number of amides is 1. The van der Waals surface area contributed by atoms with Gasteiger partial charge in [0, 0.05) is 12.4 Å². The molecule has 1 aliphatic rings. The number of aromatic nitrogens is 2. The Morgan fingerprint density at radius 2 is 2.00 bits per heavy atom. The second kappa shape index (κ2) is 6.56. The molecule has 1 unspecified atom stereocenters. The van der Waals surface area contributed by atoms with Crippen LogP contribution < -0.4 is 5.32 Å². The highest BCUT2D eigenvalue weighted by atomic mass is 32.1. The zero-order valence-corrected chi connectivity index (χ0v) is 16.0. The summed E-state index contributed by atoms with van der Waals surface area (Å²) in [5.74, 6) is -0.789. The van der Waals surface area contributed by atoms with E-state index in [-0.39, 0.29) is 5.91 Å². The van der Waals surface area contributed by atoms with E-state index in [0.29, 0.717) is 11.6 Å². The van der Waals surface area contributed by atoms with Crippen LogP contribution in [0.5, 0.6) is 0 Å². The summed E-state index contributed by atoms with van der Waals surface area (Å²) in [5, 5.41) is 3.27. The number of nitrogens with zero attached hydrogens (tertiary/aromatic N) is 1. The Morgan fingerprint density at radius 1 is 1.18 bits per heavy atom. The van der Waals surface area contributed by atoms with Gasteiger partial charge in [0.2, 0.25) is 5.91 Å². The number of thiazole rings is 1. The van der Waals surface area contributed by atoms with E-state index in [0.717, 1.165) is 32.5 Å². The van der Waals surface area contributed by atoms with Crippen molar-refractivity contribution in [1.82, 2.24) is 9.97 Å². The van der Waals surface area contributed by atoms with E-state index in [1.165, 1.54) is 16.9 Å². The third-order valence-corrected chi connectivity index (χ3v) is 6.08. The standard InChI is InChI=1S/C22H18FN3OS/c1-12-2-3-13(15-6-7-24-11-15)8-16(12)14-4-5-19-20(9-14)28-22(25-19)26-21(27)17-10-18(17)23/h2-9,11,17-18,24H,10H2,1H3,(H,25,26,27)/t17-,18?/m1/s1. The number of benzene rings is 2. The number of nitrogens with one attached hydrogen (secondary N) is 2. The molecular formula is C22H18FN3OS. The van der Waals surface area contributed by atoms with Gasteiger partial charge in [-0.1, -0.05) is 29.5 Å². The van der Waals surface area contributed by atoms with Gasteiger partial charge >= 0.3 is 0 Å². The van der Waals surface area contributed by atoms with Crippen LogP contribution in [0.1, 0.15) is 12.0 Å². The van der Waals surface area contributed by atoms with E-state index in [1.807, 2.05) is 18.5 Å². The number of anilines is 1. The predicted molar refractivity (Wildman–Crippen MR) is 111 cm³/mol. The first-order valence-corrected chi connectivity index (χ1v) is 10.00. The molecule has 2 aromatic carbocycles. The number of halogens is 1. The maximum atomic E-state index is 13.1. The number of aryl methyl sites for hydroxylation is 1. The van der Waals surface area contributed by atoms with Gasteiger partial charge < -0.3 is 10.3 Å². The first kappa shape index (κ1) is 17.1. The third-order valence-electron chi connectivity index (χ3n) is 5.15. The summed E-state index contributed by atoms with van der Waals surface area (Å²) < 4.78 is 14.1. The Labute approximate surface area is 165 Å². The van der Waals surface area contributed by atoms with Crippen LogP contribution in [0.2, 0.25) is 0 Å². The van der Waals surface area contributed by atoms with Gasteiger partial charge in [-0.05, 0) is 65.4 Å². The molecule has 6 heteroatoms. The van der Waals surface area contributed by atoms with E-state index in [2.05, 4.69) is 58.6 Å². The van der Waals surface area contributed by atoms with Crippen LogP contribution in [0.15, 0.2) is 54.9 Å².